The second kappa shape index (κ2) is 5.35. The summed E-state index contributed by atoms with van der Waals surface area (Å²) in [7, 11) is -3.82. The van der Waals surface area contributed by atoms with Gasteiger partial charge in [-0.05, 0) is 52.0 Å². The van der Waals surface area contributed by atoms with Gasteiger partial charge in [0.15, 0.2) is 0 Å². The van der Waals surface area contributed by atoms with Crippen LogP contribution in [-0.2, 0) is 14.8 Å². The molecule has 1 aromatic carbocycles. The average Bonchev–Trinajstić information content (AvgIpc) is 2.27. The summed E-state index contributed by atoms with van der Waals surface area (Å²) in [4.78, 5) is 11.3. The molecule has 0 saturated heterocycles. The van der Waals surface area contributed by atoms with Crippen LogP contribution >= 0.6 is 11.6 Å². The lowest BCUT2D eigenvalue weighted by Gasteiger charge is -2.38. The number of halogens is 1. The van der Waals surface area contributed by atoms with Gasteiger partial charge in [-0.25, -0.2) is 13.1 Å². The third-order valence-electron chi connectivity index (χ3n) is 3.61. The molecule has 5 nitrogen and oxygen atoms in total. The van der Waals surface area contributed by atoms with Gasteiger partial charge in [0.2, 0.25) is 10.0 Å². The number of hydrogen-bond donors (Lipinski definition) is 2. The van der Waals surface area contributed by atoms with Crippen molar-refractivity contribution in [3.63, 3.8) is 0 Å². The molecule has 0 amide bonds. The summed E-state index contributed by atoms with van der Waals surface area (Å²) < 4.78 is 27.0. The van der Waals surface area contributed by atoms with Crippen molar-refractivity contribution < 1.29 is 18.3 Å². The zero-order valence-corrected chi connectivity index (χ0v) is 13.3. The van der Waals surface area contributed by atoms with Crippen molar-refractivity contribution in [2.75, 3.05) is 0 Å². The minimum Gasteiger partial charge on any atom is -0.481 e. The van der Waals surface area contributed by atoms with Crippen LogP contribution in [0.5, 0.6) is 0 Å². The molecule has 1 rings (SSSR count). The number of aliphatic carboxylic acids is 1. The summed E-state index contributed by atoms with van der Waals surface area (Å²) in [6.07, 6.45) is 0. The third-order valence-corrected chi connectivity index (χ3v) is 5.53. The maximum Gasteiger partial charge on any atom is 0.310 e. The van der Waals surface area contributed by atoms with Crippen molar-refractivity contribution >= 4 is 27.6 Å². The van der Waals surface area contributed by atoms with Gasteiger partial charge in [-0.1, -0.05) is 11.6 Å². The highest BCUT2D eigenvalue weighted by Crippen LogP contribution is 2.32. The van der Waals surface area contributed by atoms with Crippen molar-refractivity contribution in [3.8, 4) is 0 Å². The van der Waals surface area contributed by atoms with Gasteiger partial charge in [-0.3, -0.25) is 4.79 Å². The van der Waals surface area contributed by atoms with Crippen molar-refractivity contribution in [1.82, 2.24) is 4.72 Å². The first-order valence-corrected chi connectivity index (χ1v) is 7.79. The minimum atomic E-state index is -3.82. The maximum absolute atomic E-state index is 12.3. The minimum absolute atomic E-state index is 0.0381. The van der Waals surface area contributed by atoms with E-state index in [-0.39, 0.29) is 4.90 Å². The van der Waals surface area contributed by atoms with E-state index in [9.17, 15) is 18.3 Å². The lowest BCUT2D eigenvalue weighted by atomic mass is 9.75. The quantitative estimate of drug-likeness (QED) is 0.873. The van der Waals surface area contributed by atoms with E-state index >= 15 is 0 Å². The Morgan fingerprint density at radius 1 is 1.15 bits per heavy atom. The first-order valence-electron chi connectivity index (χ1n) is 5.93. The number of sulfonamides is 1. The molecule has 0 spiro atoms. The molecule has 0 aliphatic heterocycles. The molecule has 0 radical (unpaired) electrons. The summed E-state index contributed by atoms with van der Waals surface area (Å²) in [5.41, 5.74) is -2.44. The fourth-order valence-electron chi connectivity index (χ4n) is 1.40. The predicted octanol–water partition coefficient (Wildman–Crippen LogP) is 2.51. The standard InChI is InChI=1S/C13H18ClNO4S/c1-12(2,11(16)17)13(3,4)15-20(18,19)10-7-5-9(14)6-8-10/h5-8,15H,1-4H3,(H,16,17). The zero-order valence-electron chi connectivity index (χ0n) is 11.8. The van der Waals surface area contributed by atoms with E-state index in [0.29, 0.717) is 5.02 Å². The number of rotatable bonds is 5. The topological polar surface area (TPSA) is 83.5 Å². The monoisotopic (exact) mass is 319 g/mol. The van der Waals surface area contributed by atoms with Gasteiger partial charge < -0.3 is 5.11 Å². The highest BCUT2D eigenvalue weighted by atomic mass is 35.5. The Kier molecular flexibility index (Phi) is 4.53. The van der Waals surface area contributed by atoms with Crippen molar-refractivity contribution in [3.05, 3.63) is 29.3 Å². The number of nitrogens with one attached hydrogen (secondary N) is 1. The fraction of sp³-hybridized carbons (Fsp3) is 0.462. The van der Waals surface area contributed by atoms with Crippen LogP contribution in [0.25, 0.3) is 0 Å². The Hall–Kier alpha value is -1.11. The van der Waals surface area contributed by atoms with E-state index in [4.69, 9.17) is 11.6 Å². The molecule has 0 saturated carbocycles. The SMILES string of the molecule is CC(C)(NS(=O)(=O)c1ccc(Cl)cc1)C(C)(C)C(=O)O. The summed E-state index contributed by atoms with van der Waals surface area (Å²) in [6, 6.07) is 5.67. The van der Waals surface area contributed by atoms with Crippen LogP contribution in [0, 0.1) is 5.41 Å². The number of carboxylic acid groups (broad SMARTS) is 1. The van der Waals surface area contributed by atoms with Crippen molar-refractivity contribution in [2.45, 2.75) is 38.1 Å². The van der Waals surface area contributed by atoms with Gasteiger partial charge in [0, 0.05) is 10.6 Å². The first-order chi connectivity index (χ1) is 8.90. The second-order valence-corrected chi connectivity index (χ2v) is 7.73. The normalized spacial score (nSPS) is 13.2. The molecule has 0 heterocycles. The van der Waals surface area contributed by atoms with Gasteiger partial charge >= 0.3 is 5.97 Å². The Balaban J connectivity index is 3.13. The summed E-state index contributed by atoms with van der Waals surface area (Å²) in [6.45, 7) is 6.02. The van der Waals surface area contributed by atoms with Gasteiger partial charge in [-0.15, -0.1) is 0 Å². The van der Waals surface area contributed by atoms with E-state index in [0.717, 1.165) is 0 Å². The molecule has 0 bridgehead atoms. The smallest absolute Gasteiger partial charge is 0.310 e. The van der Waals surface area contributed by atoms with E-state index in [2.05, 4.69) is 4.72 Å². The number of hydrogen-bond acceptors (Lipinski definition) is 3. The van der Waals surface area contributed by atoms with Crippen LogP contribution < -0.4 is 4.72 Å². The summed E-state index contributed by atoms with van der Waals surface area (Å²) in [5.74, 6) is -1.08. The molecule has 7 heteroatoms. The Morgan fingerprint density at radius 3 is 2.00 bits per heavy atom. The van der Waals surface area contributed by atoms with Crippen LogP contribution in [0.3, 0.4) is 0 Å². The number of benzene rings is 1. The largest absolute Gasteiger partial charge is 0.481 e. The molecule has 0 aromatic heterocycles. The predicted molar refractivity (Wildman–Crippen MR) is 77.3 cm³/mol. The summed E-state index contributed by atoms with van der Waals surface area (Å²) in [5, 5.41) is 9.65. The molecule has 0 fully saturated rings. The van der Waals surface area contributed by atoms with E-state index < -0.39 is 26.9 Å². The number of carbonyl (C=O) groups is 1. The van der Waals surface area contributed by atoms with Crippen LogP contribution in [-0.4, -0.2) is 25.0 Å². The lowest BCUT2D eigenvalue weighted by molar-refractivity contribution is -0.150. The van der Waals surface area contributed by atoms with Crippen molar-refractivity contribution in [1.29, 1.82) is 0 Å². The van der Waals surface area contributed by atoms with Crippen LogP contribution in [0.4, 0.5) is 0 Å². The van der Waals surface area contributed by atoms with Crippen LogP contribution in [0.2, 0.25) is 5.02 Å². The Labute approximate surface area is 124 Å². The van der Waals surface area contributed by atoms with E-state index in [1.165, 1.54) is 52.0 Å². The molecule has 2 N–H and O–H groups in total. The summed E-state index contributed by atoms with van der Waals surface area (Å²) >= 11 is 5.72. The molecule has 0 atom stereocenters. The molecule has 112 valence electrons. The number of carboxylic acids is 1. The van der Waals surface area contributed by atoms with Gasteiger partial charge in [0.1, 0.15) is 0 Å². The molecular weight excluding hydrogens is 302 g/mol. The highest BCUT2D eigenvalue weighted by molar-refractivity contribution is 7.89. The van der Waals surface area contributed by atoms with E-state index in [1.54, 1.807) is 0 Å². The van der Waals surface area contributed by atoms with Crippen molar-refractivity contribution in [2.24, 2.45) is 5.41 Å². The van der Waals surface area contributed by atoms with Gasteiger partial charge in [-0.2, -0.15) is 0 Å². The molecule has 0 aliphatic carbocycles. The Morgan fingerprint density at radius 2 is 1.60 bits per heavy atom. The maximum atomic E-state index is 12.3. The second-order valence-electron chi connectivity index (χ2n) is 5.61. The molecule has 0 unspecified atom stereocenters. The fourth-order valence-corrected chi connectivity index (χ4v) is 3.07. The molecular formula is C13H18ClNO4S. The van der Waals surface area contributed by atoms with Gasteiger partial charge in [0.25, 0.3) is 0 Å². The third kappa shape index (κ3) is 3.31. The molecule has 20 heavy (non-hydrogen) atoms. The highest BCUT2D eigenvalue weighted by Gasteiger charge is 2.45. The lowest BCUT2D eigenvalue weighted by Crippen LogP contribution is -2.56. The zero-order chi connectivity index (χ0) is 15.8. The Bertz CT molecular complexity index is 606. The average molecular weight is 320 g/mol. The van der Waals surface area contributed by atoms with Crippen LogP contribution in [0.1, 0.15) is 27.7 Å². The van der Waals surface area contributed by atoms with E-state index in [1.807, 2.05) is 0 Å². The molecule has 1 aromatic rings. The molecule has 0 aliphatic rings. The van der Waals surface area contributed by atoms with Gasteiger partial charge in [0.05, 0.1) is 10.3 Å². The first kappa shape index (κ1) is 16.9. The van der Waals surface area contributed by atoms with Crippen LogP contribution in [0.15, 0.2) is 29.2 Å².